The molecule has 1 aromatic heterocycles. The minimum atomic E-state index is -1.35. The summed E-state index contributed by atoms with van der Waals surface area (Å²) in [6.45, 7) is 6.83. The highest BCUT2D eigenvalue weighted by Crippen LogP contribution is 2.36. The van der Waals surface area contributed by atoms with Gasteiger partial charge < -0.3 is 15.0 Å². The van der Waals surface area contributed by atoms with Gasteiger partial charge in [-0.2, -0.15) is 0 Å². The van der Waals surface area contributed by atoms with Crippen molar-refractivity contribution in [3.05, 3.63) is 64.2 Å². The van der Waals surface area contributed by atoms with Gasteiger partial charge in [0.1, 0.15) is 5.82 Å². The molecule has 0 aliphatic rings. The summed E-state index contributed by atoms with van der Waals surface area (Å²) in [6, 6.07) is 5.39. The summed E-state index contributed by atoms with van der Waals surface area (Å²) in [6.07, 6.45) is 0. The lowest BCUT2D eigenvalue weighted by Gasteiger charge is -2.28. The first-order chi connectivity index (χ1) is 14.4. The van der Waals surface area contributed by atoms with Crippen molar-refractivity contribution in [2.75, 3.05) is 0 Å². The van der Waals surface area contributed by atoms with Crippen LogP contribution in [-0.2, 0) is 5.60 Å². The van der Waals surface area contributed by atoms with Crippen LogP contribution >= 0.6 is 11.6 Å². The third kappa shape index (κ3) is 4.36. The average molecular weight is 453 g/mol. The van der Waals surface area contributed by atoms with Crippen molar-refractivity contribution in [2.24, 2.45) is 5.73 Å². The molecule has 0 saturated carbocycles. The lowest BCUT2D eigenvalue weighted by molar-refractivity contribution is 0.0811. The van der Waals surface area contributed by atoms with Gasteiger partial charge in [0, 0.05) is 29.3 Å². The van der Waals surface area contributed by atoms with Crippen LogP contribution in [0.1, 0.15) is 49.9 Å². The molecule has 6 nitrogen and oxygen atoms in total. The van der Waals surface area contributed by atoms with Gasteiger partial charge in [-0.1, -0.05) is 11.6 Å². The number of nitrogens with two attached hydrogens (primary N) is 1. The van der Waals surface area contributed by atoms with E-state index in [0.29, 0.717) is 23.5 Å². The molecule has 0 aliphatic heterocycles. The van der Waals surface area contributed by atoms with Crippen LogP contribution in [0.4, 0.5) is 13.2 Å². The number of carbonyl (C=O) groups excluding carboxylic acids is 1. The number of carbonyl (C=O) groups is 1. The Morgan fingerprint density at radius 2 is 1.74 bits per heavy atom. The van der Waals surface area contributed by atoms with E-state index in [1.807, 2.05) is 13.8 Å². The number of aromatic nitrogens is 3. The standard InChI is InChI=1S/C21H20ClF3N4O2/c1-10(2)29-19(13-6-5-11(18(26)30)7-14(13)22)27-28-20(29)21(3,4)31-17-15(24)8-12(23)9-16(17)25/h5-10H,1-4H3,(H2,26,30). The van der Waals surface area contributed by atoms with Crippen LogP contribution in [0.5, 0.6) is 5.75 Å². The molecule has 1 amide bonds. The number of hydrogen-bond donors (Lipinski definition) is 1. The summed E-state index contributed by atoms with van der Waals surface area (Å²) in [7, 11) is 0. The summed E-state index contributed by atoms with van der Waals surface area (Å²) < 4.78 is 48.8. The smallest absolute Gasteiger partial charge is 0.248 e. The van der Waals surface area contributed by atoms with Crippen LogP contribution in [0.3, 0.4) is 0 Å². The predicted octanol–water partition coefficient (Wildman–Crippen LogP) is 5.01. The Bertz CT molecular complexity index is 1140. The molecule has 2 aromatic carbocycles. The Morgan fingerprint density at radius 1 is 1.13 bits per heavy atom. The molecule has 3 rings (SSSR count). The number of primary amides is 1. The molecule has 1 heterocycles. The summed E-state index contributed by atoms with van der Waals surface area (Å²) in [5, 5.41) is 8.60. The summed E-state index contributed by atoms with van der Waals surface area (Å²) in [5.74, 6) is -4.13. The van der Waals surface area contributed by atoms with E-state index < -0.39 is 34.7 Å². The molecular formula is C21H20ClF3N4O2. The highest BCUT2D eigenvalue weighted by atomic mass is 35.5. The molecule has 0 atom stereocenters. The number of benzene rings is 2. The van der Waals surface area contributed by atoms with Crippen LogP contribution in [0, 0.1) is 17.5 Å². The third-order valence-corrected chi connectivity index (χ3v) is 4.88. The molecule has 164 valence electrons. The third-order valence-electron chi connectivity index (χ3n) is 4.57. The zero-order valence-electron chi connectivity index (χ0n) is 17.2. The van der Waals surface area contributed by atoms with E-state index in [1.54, 1.807) is 24.5 Å². The highest BCUT2D eigenvalue weighted by molar-refractivity contribution is 6.33. The quantitative estimate of drug-likeness (QED) is 0.570. The molecule has 0 aliphatic carbocycles. The Hall–Kier alpha value is -3.07. The van der Waals surface area contributed by atoms with Crippen molar-refractivity contribution in [3.63, 3.8) is 0 Å². The van der Waals surface area contributed by atoms with Gasteiger partial charge >= 0.3 is 0 Å². The van der Waals surface area contributed by atoms with Crippen molar-refractivity contribution in [1.82, 2.24) is 14.8 Å². The predicted molar refractivity (Wildman–Crippen MR) is 109 cm³/mol. The van der Waals surface area contributed by atoms with Crippen LogP contribution < -0.4 is 10.5 Å². The zero-order valence-corrected chi connectivity index (χ0v) is 18.0. The summed E-state index contributed by atoms with van der Waals surface area (Å²) in [5.41, 5.74) is 4.65. The molecule has 3 aromatic rings. The van der Waals surface area contributed by atoms with Crippen molar-refractivity contribution in [1.29, 1.82) is 0 Å². The van der Waals surface area contributed by atoms with Crippen LogP contribution in [0.2, 0.25) is 5.02 Å². The minimum absolute atomic E-state index is 0.197. The normalized spacial score (nSPS) is 11.8. The fraction of sp³-hybridized carbons (Fsp3) is 0.286. The van der Waals surface area contributed by atoms with Gasteiger partial charge in [-0.3, -0.25) is 4.79 Å². The lowest BCUT2D eigenvalue weighted by Crippen LogP contribution is -2.31. The van der Waals surface area contributed by atoms with Crippen LogP contribution in [0.15, 0.2) is 30.3 Å². The summed E-state index contributed by atoms with van der Waals surface area (Å²) in [4.78, 5) is 11.4. The van der Waals surface area contributed by atoms with E-state index in [2.05, 4.69) is 10.2 Å². The number of ether oxygens (including phenoxy) is 1. The Morgan fingerprint density at radius 3 is 2.26 bits per heavy atom. The molecule has 10 heteroatoms. The molecule has 2 N–H and O–H groups in total. The van der Waals surface area contributed by atoms with Gasteiger partial charge in [0.05, 0.1) is 5.02 Å². The maximum absolute atomic E-state index is 14.1. The topological polar surface area (TPSA) is 83.0 Å². The van der Waals surface area contributed by atoms with Gasteiger partial charge in [-0.15, -0.1) is 10.2 Å². The Labute approximate surface area is 181 Å². The number of amides is 1. The first-order valence-electron chi connectivity index (χ1n) is 9.31. The van der Waals surface area contributed by atoms with E-state index >= 15 is 0 Å². The van der Waals surface area contributed by atoms with Crippen molar-refractivity contribution >= 4 is 17.5 Å². The SMILES string of the molecule is CC(C)n1c(-c2ccc(C(N)=O)cc2Cl)nnc1C(C)(C)Oc1c(F)cc(F)cc1F. The highest BCUT2D eigenvalue weighted by Gasteiger charge is 2.34. The number of nitrogens with zero attached hydrogens (tertiary/aromatic N) is 3. The second kappa shape index (κ2) is 8.22. The largest absolute Gasteiger partial charge is 0.474 e. The molecule has 31 heavy (non-hydrogen) atoms. The summed E-state index contributed by atoms with van der Waals surface area (Å²) >= 11 is 6.34. The van der Waals surface area contributed by atoms with Gasteiger partial charge in [0.15, 0.2) is 34.6 Å². The van der Waals surface area contributed by atoms with Gasteiger partial charge in [0.25, 0.3) is 0 Å². The van der Waals surface area contributed by atoms with Crippen LogP contribution in [-0.4, -0.2) is 20.7 Å². The molecular weight excluding hydrogens is 433 g/mol. The van der Waals surface area contributed by atoms with E-state index in [9.17, 15) is 18.0 Å². The molecule has 0 spiro atoms. The first kappa shape index (κ1) is 22.6. The van der Waals surface area contributed by atoms with Crippen LogP contribution in [0.25, 0.3) is 11.4 Å². The average Bonchev–Trinajstić information content (AvgIpc) is 3.10. The minimum Gasteiger partial charge on any atom is -0.474 e. The van der Waals surface area contributed by atoms with E-state index in [4.69, 9.17) is 22.1 Å². The maximum atomic E-state index is 14.1. The number of hydrogen-bond acceptors (Lipinski definition) is 4. The molecule has 0 radical (unpaired) electrons. The second-order valence-corrected chi connectivity index (χ2v) is 8.09. The fourth-order valence-corrected chi connectivity index (χ4v) is 3.42. The van der Waals surface area contributed by atoms with Crippen molar-refractivity contribution < 1.29 is 22.7 Å². The zero-order chi connectivity index (χ0) is 23.1. The fourth-order valence-electron chi connectivity index (χ4n) is 3.15. The molecule has 0 saturated heterocycles. The number of halogens is 4. The monoisotopic (exact) mass is 452 g/mol. The Kier molecular flexibility index (Phi) is 6.00. The van der Waals surface area contributed by atoms with E-state index in [-0.39, 0.29) is 22.5 Å². The molecule has 0 bridgehead atoms. The first-order valence-corrected chi connectivity index (χ1v) is 9.69. The van der Waals surface area contributed by atoms with Gasteiger partial charge in [0.2, 0.25) is 5.91 Å². The van der Waals surface area contributed by atoms with Crippen molar-refractivity contribution in [2.45, 2.75) is 39.3 Å². The molecule has 0 unspecified atom stereocenters. The maximum Gasteiger partial charge on any atom is 0.248 e. The Balaban J connectivity index is 2.09. The van der Waals surface area contributed by atoms with Gasteiger partial charge in [-0.25, -0.2) is 13.2 Å². The van der Waals surface area contributed by atoms with Gasteiger partial charge in [-0.05, 0) is 45.9 Å². The van der Waals surface area contributed by atoms with Crippen molar-refractivity contribution in [3.8, 4) is 17.1 Å². The molecule has 0 fully saturated rings. The van der Waals surface area contributed by atoms with E-state index in [0.717, 1.165) is 0 Å². The second-order valence-electron chi connectivity index (χ2n) is 7.68. The number of rotatable bonds is 6. The van der Waals surface area contributed by atoms with E-state index in [1.165, 1.54) is 12.1 Å². The lowest BCUT2D eigenvalue weighted by atomic mass is 10.1.